The molecule has 88 valence electrons. The van der Waals surface area contributed by atoms with E-state index < -0.39 is 0 Å². The molecule has 1 heterocycles. The van der Waals surface area contributed by atoms with E-state index in [9.17, 15) is 4.79 Å². The van der Waals surface area contributed by atoms with E-state index in [0.29, 0.717) is 5.82 Å². The van der Waals surface area contributed by atoms with Crippen molar-refractivity contribution in [1.29, 1.82) is 0 Å². The van der Waals surface area contributed by atoms with Crippen LogP contribution in [-0.4, -0.2) is 18.2 Å². The third kappa shape index (κ3) is 3.07. The predicted octanol–water partition coefficient (Wildman–Crippen LogP) is 1.86. The van der Waals surface area contributed by atoms with Crippen LogP contribution in [0.1, 0.15) is 5.56 Å². The molecule has 0 radical (unpaired) electrons. The molecule has 0 aliphatic carbocycles. The average molecular weight is 232 g/mol. The molecule has 0 unspecified atom stereocenters. The summed E-state index contributed by atoms with van der Waals surface area (Å²) in [6.45, 7) is 0. The number of anilines is 1. The Morgan fingerprint density at radius 3 is 3.06 bits per heavy atom. The Bertz CT molecular complexity index is 494. The largest absolute Gasteiger partial charge is 0.497 e. The smallest absolute Gasteiger partial charge is 0.230 e. The summed E-state index contributed by atoms with van der Waals surface area (Å²) in [5.74, 6) is 1.00. The number of nitrogens with zero attached hydrogens (tertiary/aromatic N) is 1. The second kappa shape index (κ2) is 5.16. The van der Waals surface area contributed by atoms with E-state index in [0.717, 1.165) is 11.3 Å². The van der Waals surface area contributed by atoms with Crippen LogP contribution in [0.2, 0.25) is 0 Å². The molecule has 17 heavy (non-hydrogen) atoms. The number of rotatable bonds is 4. The van der Waals surface area contributed by atoms with Gasteiger partial charge in [-0.05, 0) is 17.7 Å². The van der Waals surface area contributed by atoms with Gasteiger partial charge < -0.3 is 14.6 Å². The lowest BCUT2D eigenvalue weighted by atomic mass is 10.1. The first kappa shape index (κ1) is 11.2. The molecule has 0 saturated heterocycles. The van der Waals surface area contributed by atoms with Crippen molar-refractivity contribution in [1.82, 2.24) is 5.16 Å². The number of aromatic nitrogens is 1. The quantitative estimate of drug-likeness (QED) is 0.873. The van der Waals surface area contributed by atoms with Gasteiger partial charge in [-0.2, -0.15) is 0 Å². The maximum absolute atomic E-state index is 11.6. The van der Waals surface area contributed by atoms with Gasteiger partial charge in [-0.1, -0.05) is 17.3 Å². The summed E-state index contributed by atoms with van der Waals surface area (Å²) in [6.07, 6.45) is 1.67. The summed E-state index contributed by atoms with van der Waals surface area (Å²) >= 11 is 0. The molecule has 5 nitrogen and oxygen atoms in total. The summed E-state index contributed by atoms with van der Waals surface area (Å²) < 4.78 is 9.70. The summed E-state index contributed by atoms with van der Waals surface area (Å²) in [4.78, 5) is 11.6. The molecular formula is C12H12N2O3. The van der Waals surface area contributed by atoms with E-state index in [1.54, 1.807) is 13.2 Å². The van der Waals surface area contributed by atoms with E-state index in [1.165, 1.54) is 6.26 Å². The molecule has 1 amide bonds. The van der Waals surface area contributed by atoms with Gasteiger partial charge in [-0.3, -0.25) is 4.79 Å². The van der Waals surface area contributed by atoms with Gasteiger partial charge >= 0.3 is 0 Å². The van der Waals surface area contributed by atoms with Gasteiger partial charge in [0.2, 0.25) is 5.91 Å². The molecule has 1 aromatic carbocycles. The third-order valence-corrected chi connectivity index (χ3v) is 2.20. The lowest BCUT2D eigenvalue weighted by Gasteiger charge is -2.04. The highest BCUT2D eigenvalue weighted by molar-refractivity contribution is 5.91. The van der Waals surface area contributed by atoms with Crippen LogP contribution in [0.3, 0.4) is 0 Å². The minimum absolute atomic E-state index is 0.146. The van der Waals surface area contributed by atoms with E-state index in [1.807, 2.05) is 24.3 Å². The Labute approximate surface area is 98.4 Å². The minimum atomic E-state index is -0.146. The molecule has 5 heteroatoms. The molecular weight excluding hydrogens is 220 g/mol. The van der Waals surface area contributed by atoms with Gasteiger partial charge in [0, 0.05) is 6.07 Å². The highest BCUT2D eigenvalue weighted by atomic mass is 16.5. The van der Waals surface area contributed by atoms with Gasteiger partial charge in [-0.25, -0.2) is 0 Å². The zero-order valence-corrected chi connectivity index (χ0v) is 9.34. The zero-order chi connectivity index (χ0) is 12.1. The van der Waals surface area contributed by atoms with Gasteiger partial charge in [0.25, 0.3) is 0 Å². The summed E-state index contributed by atoms with van der Waals surface area (Å²) in [6, 6.07) is 8.95. The summed E-state index contributed by atoms with van der Waals surface area (Å²) in [5, 5.41) is 6.22. The lowest BCUT2D eigenvalue weighted by molar-refractivity contribution is -0.115. The van der Waals surface area contributed by atoms with Gasteiger partial charge in [0.05, 0.1) is 13.5 Å². The standard InChI is InChI=1S/C12H12N2O3/c1-16-10-4-2-3-9(7-10)8-12(15)13-11-5-6-17-14-11/h2-7H,8H2,1H3,(H,13,14,15). The fraction of sp³-hybridized carbons (Fsp3) is 0.167. The van der Waals surface area contributed by atoms with Crippen molar-refractivity contribution >= 4 is 11.7 Å². The number of amides is 1. The molecule has 2 aromatic rings. The zero-order valence-electron chi connectivity index (χ0n) is 9.34. The molecule has 1 aromatic heterocycles. The summed E-state index contributed by atoms with van der Waals surface area (Å²) in [5.41, 5.74) is 0.880. The fourth-order valence-corrected chi connectivity index (χ4v) is 1.43. The molecule has 2 rings (SSSR count). The summed E-state index contributed by atoms with van der Waals surface area (Å²) in [7, 11) is 1.59. The van der Waals surface area contributed by atoms with Gasteiger partial charge in [-0.15, -0.1) is 0 Å². The van der Waals surface area contributed by atoms with E-state index in [2.05, 4.69) is 15.0 Å². The number of carbonyl (C=O) groups excluding carboxylic acids is 1. The lowest BCUT2D eigenvalue weighted by Crippen LogP contribution is -2.14. The Hall–Kier alpha value is -2.30. The molecule has 0 spiro atoms. The number of hydrogen-bond donors (Lipinski definition) is 1. The van der Waals surface area contributed by atoms with E-state index >= 15 is 0 Å². The van der Waals surface area contributed by atoms with Crippen LogP contribution in [0.15, 0.2) is 41.1 Å². The number of nitrogens with one attached hydrogen (secondary N) is 1. The van der Waals surface area contributed by atoms with Crippen molar-refractivity contribution in [3.63, 3.8) is 0 Å². The van der Waals surface area contributed by atoms with Crippen LogP contribution in [0.5, 0.6) is 5.75 Å². The first-order chi connectivity index (χ1) is 8.28. The Balaban J connectivity index is 1.98. The van der Waals surface area contributed by atoms with Crippen molar-refractivity contribution in [2.45, 2.75) is 6.42 Å². The highest BCUT2D eigenvalue weighted by Crippen LogP contribution is 2.13. The normalized spacial score (nSPS) is 9.94. The molecule has 0 bridgehead atoms. The van der Waals surface area contributed by atoms with Gasteiger partial charge in [0.15, 0.2) is 5.82 Å². The number of carbonyl (C=O) groups is 1. The van der Waals surface area contributed by atoms with Crippen molar-refractivity contribution < 1.29 is 14.1 Å². The molecule has 0 aliphatic heterocycles. The molecule has 0 aliphatic rings. The highest BCUT2D eigenvalue weighted by Gasteiger charge is 2.06. The van der Waals surface area contributed by atoms with Crippen LogP contribution in [0.4, 0.5) is 5.82 Å². The number of benzene rings is 1. The fourth-order valence-electron chi connectivity index (χ4n) is 1.43. The van der Waals surface area contributed by atoms with Gasteiger partial charge in [0.1, 0.15) is 12.0 Å². The van der Waals surface area contributed by atoms with E-state index in [4.69, 9.17) is 4.74 Å². The van der Waals surface area contributed by atoms with Crippen LogP contribution in [-0.2, 0) is 11.2 Å². The average Bonchev–Trinajstić information content (AvgIpc) is 2.82. The topological polar surface area (TPSA) is 64.4 Å². The number of methoxy groups -OCH3 is 1. The Kier molecular flexibility index (Phi) is 3.40. The predicted molar refractivity (Wildman–Crippen MR) is 61.8 cm³/mol. The Morgan fingerprint density at radius 1 is 1.47 bits per heavy atom. The van der Waals surface area contributed by atoms with Crippen LogP contribution < -0.4 is 10.1 Å². The SMILES string of the molecule is COc1cccc(CC(=O)Nc2ccon2)c1. The number of hydrogen-bond acceptors (Lipinski definition) is 4. The Morgan fingerprint density at radius 2 is 2.35 bits per heavy atom. The first-order valence-electron chi connectivity index (χ1n) is 5.11. The third-order valence-electron chi connectivity index (χ3n) is 2.20. The monoisotopic (exact) mass is 232 g/mol. The molecule has 0 fully saturated rings. The van der Waals surface area contributed by atoms with Crippen LogP contribution in [0.25, 0.3) is 0 Å². The number of ether oxygens (including phenoxy) is 1. The first-order valence-corrected chi connectivity index (χ1v) is 5.11. The second-order valence-corrected chi connectivity index (χ2v) is 3.46. The van der Waals surface area contributed by atoms with Crippen molar-refractivity contribution in [2.75, 3.05) is 12.4 Å². The van der Waals surface area contributed by atoms with Crippen molar-refractivity contribution in [3.05, 3.63) is 42.2 Å². The van der Waals surface area contributed by atoms with Crippen LogP contribution in [0, 0.1) is 0 Å². The molecule has 0 saturated carbocycles. The molecule has 0 atom stereocenters. The van der Waals surface area contributed by atoms with Crippen LogP contribution >= 0.6 is 0 Å². The second-order valence-electron chi connectivity index (χ2n) is 3.46. The van der Waals surface area contributed by atoms with Crippen molar-refractivity contribution in [3.8, 4) is 5.75 Å². The molecule has 1 N–H and O–H groups in total. The maximum atomic E-state index is 11.6. The maximum Gasteiger partial charge on any atom is 0.230 e. The van der Waals surface area contributed by atoms with Crippen molar-refractivity contribution in [2.24, 2.45) is 0 Å². The van der Waals surface area contributed by atoms with E-state index in [-0.39, 0.29) is 12.3 Å². The minimum Gasteiger partial charge on any atom is -0.497 e.